The third kappa shape index (κ3) is 2.33. The summed E-state index contributed by atoms with van der Waals surface area (Å²) in [5.41, 5.74) is 1.16. The lowest BCUT2D eigenvalue weighted by atomic mass is 10.0. The van der Waals surface area contributed by atoms with Gasteiger partial charge in [-0.25, -0.2) is 4.79 Å². The van der Waals surface area contributed by atoms with Crippen LogP contribution in [0.3, 0.4) is 0 Å². The van der Waals surface area contributed by atoms with Crippen molar-refractivity contribution in [3.05, 3.63) is 48.0 Å². The van der Waals surface area contributed by atoms with E-state index >= 15 is 0 Å². The first-order valence-electron chi connectivity index (χ1n) is 7.93. The number of morpholine rings is 1. The van der Waals surface area contributed by atoms with Gasteiger partial charge in [0.05, 0.1) is 25.3 Å². The standard InChI is InChI=1S/C18H20N2O2/c21-18(20-15-8-9-16(20)12-22-11-15)19-10-14-6-3-5-13-4-1-2-7-17(13)14/h1-7,15-16H,8-12H2,(H,19,21)/t15-,16-/m0/s1. The molecule has 0 aliphatic carbocycles. The molecule has 0 radical (unpaired) electrons. The summed E-state index contributed by atoms with van der Waals surface area (Å²) >= 11 is 0. The van der Waals surface area contributed by atoms with Crippen molar-refractivity contribution in [3.63, 3.8) is 0 Å². The number of carbonyl (C=O) groups excluding carboxylic acids is 1. The minimum atomic E-state index is 0.0451. The molecule has 4 rings (SSSR count). The van der Waals surface area contributed by atoms with Crippen molar-refractivity contribution >= 4 is 16.8 Å². The Morgan fingerprint density at radius 3 is 2.64 bits per heavy atom. The molecule has 4 nitrogen and oxygen atoms in total. The lowest BCUT2D eigenvalue weighted by Crippen LogP contribution is -2.52. The van der Waals surface area contributed by atoms with Crippen LogP contribution < -0.4 is 5.32 Å². The number of rotatable bonds is 2. The molecule has 4 heteroatoms. The highest BCUT2D eigenvalue weighted by Gasteiger charge is 2.40. The Kier molecular flexibility index (Phi) is 3.47. The van der Waals surface area contributed by atoms with Crippen molar-refractivity contribution in [2.75, 3.05) is 13.2 Å². The number of hydrogen-bond acceptors (Lipinski definition) is 2. The minimum Gasteiger partial charge on any atom is -0.377 e. The predicted molar refractivity (Wildman–Crippen MR) is 85.7 cm³/mol. The molecule has 2 saturated heterocycles. The van der Waals surface area contributed by atoms with Gasteiger partial charge >= 0.3 is 6.03 Å². The number of carbonyl (C=O) groups is 1. The predicted octanol–water partition coefficient (Wildman–Crippen LogP) is 2.91. The Labute approximate surface area is 130 Å². The zero-order chi connectivity index (χ0) is 14.9. The molecule has 0 spiro atoms. The van der Waals surface area contributed by atoms with Crippen LogP contribution in [0.4, 0.5) is 4.79 Å². The van der Waals surface area contributed by atoms with Gasteiger partial charge in [-0.15, -0.1) is 0 Å². The maximum atomic E-state index is 12.5. The van der Waals surface area contributed by atoms with Gasteiger partial charge in [0.2, 0.25) is 0 Å². The van der Waals surface area contributed by atoms with E-state index in [-0.39, 0.29) is 18.1 Å². The molecule has 2 amide bonds. The van der Waals surface area contributed by atoms with Crippen LogP contribution >= 0.6 is 0 Å². The SMILES string of the molecule is O=C(NCc1cccc2ccccc12)N1[C@H]2CC[C@H]1COC2. The van der Waals surface area contributed by atoms with Crippen molar-refractivity contribution in [1.29, 1.82) is 0 Å². The molecule has 0 saturated carbocycles. The second kappa shape index (κ2) is 5.61. The summed E-state index contributed by atoms with van der Waals surface area (Å²) in [4.78, 5) is 14.5. The first kappa shape index (κ1) is 13.6. The minimum absolute atomic E-state index is 0.0451. The van der Waals surface area contributed by atoms with Crippen molar-refractivity contribution in [3.8, 4) is 0 Å². The number of nitrogens with one attached hydrogen (secondary N) is 1. The summed E-state index contributed by atoms with van der Waals surface area (Å²) in [7, 11) is 0. The second-order valence-corrected chi connectivity index (χ2v) is 6.13. The maximum absolute atomic E-state index is 12.5. The summed E-state index contributed by atoms with van der Waals surface area (Å²) in [5, 5.41) is 5.51. The molecule has 2 aromatic carbocycles. The maximum Gasteiger partial charge on any atom is 0.318 e. The Bertz CT molecular complexity index is 679. The number of ether oxygens (including phenoxy) is 1. The molecule has 2 aliphatic rings. The molecule has 114 valence electrons. The lowest BCUT2D eigenvalue weighted by Gasteiger charge is -2.34. The van der Waals surface area contributed by atoms with Crippen LogP contribution in [0.1, 0.15) is 18.4 Å². The van der Waals surface area contributed by atoms with E-state index in [4.69, 9.17) is 4.74 Å². The van der Waals surface area contributed by atoms with Crippen LogP contribution in [0.5, 0.6) is 0 Å². The normalized spacial score (nSPS) is 23.7. The fourth-order valence-electron chi connectivity index (χ4n) is 3.67. The van der Waals surface area contributed by atoms with E-state index in [1.807, 2.05) is 23.1 Å². The van der Waals surface area contributed by atoms with Crippen LogP contribution in [0, 0.1) is 0 Å². The van der Waals surface area contributed by atoms with Gasteiger partial charge in [0.1, 0.15) is 0 Å². The third-order valence-corrected chi connectivity index (χ3v) is 4.78. The number of urea groups is 1. The van der Waals surface area contributed by atoms with Crippen molar-refractivity contribution < 1.29 is 9.53 Å². The van der Waals surface area contributed by atoms with E-state index in [0.717, 1.165) is 18.4 Å². The number of hydrogen-bond donors (Lipinski definition) is 1. The van der Waals surface area contributed by atoms with Gasteiger partial charge in [-0.2, -0.15) is 0 Å². The highest BCUT2D eigenvalue weighted by Crippen LogP contribution is 2.28. The molecule has 0 unspecified atom stereocenters. The molecule has 2 bridgehead atoms. The largest absolute Gasteiger partial charge is 0.377 e. The molecule has 2 fully saturated rings. The van der Waals surface area contributed by atoms with Gasteiger partial charge in [-0.05, 0) is 29.2 Å². The fraction of sp³-hybridized carbons (Fsp3) is 0.389. The molecule has 2 aliphatic heterocycles. The van der Waals surface area contributed by atoms with Gasteiger partial charge in [0, 0.05) is 6.54 Å². The first-order chi connectivity index (χ1) is 10.8. The molecule has 0 aromatic heterocycles. The summed E-state index contributed by atoms with van der Waals surface area (Å²) in [6, 6.07) is 15.1. The topological polar surface area (TPSA) is 41.6 Å². The summed E-state index contributed by atoms with van der Waals surface area (Å²) in [5.74, 6) is 0. The zero-order valence-electron chi connectivity index (χ0n) is 12.5. The highest BCUT2D eigenvalue weighted by molar-refractivity contribution is 5.86. The monoisotopic (exact) mass is 296 g/mol. The van der Waals surface area contributed by atoms with E-state index in [9.17, 15) is 4.79 Å². The molecule has 1 N–H and O–H groups in total. The van der Waals surface area contributed by atoms with Crippen molar-refractivity contribution in [2.45, 2.75) is 31.5 Å². The number of amides is 2. The molecular formula is C18H20N2O2. The molecular weight excluding hydrogens is 276 g/mol. The van der Waals surface area contributed by atoms with Crippen LogP contribution in [-0.4, -0.2) is 36.2 Å². The molecule has 2 aromatic rings. The highest BCUT2D eigenvalue weighted by atomic mass is 16.5. The Hall–Kier alpha value is -2.07. The van der Waals surface area contributed by atoms with Gasteiger partial charge < -0.3 is 15.0 Å². The van der Waals surface area contributed by atoms with Gasteiger partial charge in [0.25, 0.3) is 0 Å². The zero-order valence-corrected chi connectivity index (χ0v) is 12.5. The smallest absolute Gasteiger partial charge is 0.318 e. The van der Waals surface area contributed by atoms with E-state index < -0.39 is 0 Å². The number of nitrogens with zero attached hydrogens (tertiary/aromatic N) is 1. The van der Waals surface area contributed by atoms with Crippen LogP contribution in [-0.2, 0) is 11.3 Å². The number of benzene rings is 2. The van der Waals surface area contributed by atoms with E-state index in [1.54, 1.807) is 0 Å². The van der Waals surface area contributed by atoms with Crippen molar-refractivity contribution in [1.82, 2.24) is 10.2 Å². The Balaban J connectivity index is 1.49. The summed E-state index contributed by atoms with van der Waals surface area (Å²) in [6.07, 6.45) is 2.12. The first-order valence-corrected chi connectivity index (χ1v) is 7.93. The Morgan fingerprint density at radius 1 is 1.09 bits per heavy atom. The van der Waals surface area contributed by atoms with Gasteiger partial charge in [-0.1, -0.05) is 42.5 Å². The number of fused-ring (bicyclic) bond motifs is 3. The quantitative estimate of drug-likeness (QED) is 0.926. The van der Waals surface area contributed by atoms with Gasteiger partial charge in [-0.3, -0.25) is 0 Å². The van der Waals surface area contributed by atoms with Crippen LogP contribution in [0.25, 0.3) is 10.8 Å². The molecule has 22 heavy (non-hydrogen) atoms. The fourth-order valence-corrected chi connectivity index (χ4v) is 3.67. The summed E-state index contributed by atoms with van der Waals surface area (Å²) < 4.78 is 5.54. The summed E-state index contributed by atoms with van der Waals surface area (Å²) in [6.45, 7) is 1.92. The van der Waals surface area contributed by atoms with E-state index in [2.05, 4.69) is 29.6 Å². The van der Waals surface area contributed by atoms with E-state index in [0.29, 0.717) is 19.8 Å². The molecule has 2 atom stereocenters. The third-order valence-electron chi connectivity index (χ3n) is 4.78. The van der Waals surface area contributed by atoms with Crippen LogP contribution in [0.2, 0.25) is 0 Å². The van der Waals surface area contributed by atoms with E-state index in [1.165, 1.54) is 10.8 Å². The molecule has 2 heterocycles. The lowest BCUT2D eigenvalue weighted by molar-refractivity contribution is 0.00632. The second-order valence-electron chi connectivity index (χ2n) is 6.13. The average Bonchev–Trinajstić information content (AvgIpc) is 2.81. The van der Waals surface area contributed by atoms with Crippen LogP contribution in [0.15, 0.2) is 42.5 Å². The van der Waals surface area contributed by atoms with Crippen molar-refractivity contribution in [2.24, 2.45) is 0 Å². The Morgan fingerprint density at radius 2 is 1.82 bits per heavy atom. The average molecular weight is 296 g/mol. The van der Waals surface area contributed by atoms with Gasteiger partial charge in [0.15, 0.2) is 0 Å².